The average molecular weight is 294 g/mol. The third kappa shape index (κ3) is 3.10. The number of aromatic nitrogens is 3. The van der Waals surface area contributed by atoms with Gasteiger partial charge in [0.05, 0.1) is 11.7 Å². The number of thioether (sulfide) groups is 1. The second-order valence-electron chi connectivity index (χ2n) is 3.93. The predicted molar refractivity (Wildman–Crippen MR) is 76.4 cm³/mol. The maximum Gasteiger partial charge on any atom is 0.273 e. The highest BCUT2D eigenvalue weighted by atomic mass is 32.2. The standard InChI is InChI=1S/C12H14N4OS2/c1-8(9-4-5-13-7-14-9)16(2)11(17)10-6-19-12(15-10)18-3/h4-8H,1-3H3. The molecular weight excluding hydrogens is 280 g/mol. The lowest BCUT2D eigenvalue weighted by Gasteiger charge is -2.23. The number of amides is 1. The van der Waals surface area contributed by atoms with Gasteiger partial charge in [-0.05, 0) is 19.2 Å². The molecule has 0 bridgehead atoms. The van der Waals surface area contributed by atoms with Crippen LogP contribution < -0.4 is 0 Å². The van der Waals surface area contributed by atoms with Gasteiger partial charge >= 0.3 is 0 Å². The van der Waals surface area contributed by atoms with E-state index in [2.05, 4.69) is 15.0 Å². The first-order valence-corrected chi connectivity index (χ1v) is 7.76. The number of rotatable bonds is 4. The van der Waals surface area contributed by atoms with E-state index in [9.17, 15) is 4.79 Å². The maximum absolute atomic E-state index is 12.3. The number of nitrogens with zero attached hydrogens (tertiary/aromatic N) is 4. The normalized spacial score (nSPS) is 12.2. The summed E-state index contributed by atoms with van der Waals surface area (Å²) in [6, 6.07) is 1.69. The molecule has 1 atom stereocenters. The molecule has 1 unspecified atom stereocenters. The van der Waals surface area contributed by atoms with E-state index in [-0.39, 0.29) is 11.9 Å². The van der Waals surface area contributed by atoms with Gasteiger partial charge in [-0.1, -0.05) is 11.8 Å². The SMILES string of the molecule is CSc1nc(C(=O)N(C)C(C)c2ccncn2)cs1. The van der Waals surface area contributed by atoms with Gasteiger partial charge in [-0.15, -0.1) is 11.3 Å². The van der Waals surface area contributed by atoms with E-state index in [1.807, 2.05) is 19.2 Å². The Bertz CT molecular complexity index is 558. The molecule has 0 radical (unpaired) electrons. The number of carbonyl (C=O) groups excluding carboxylic acids is 1. The summed E-state index contributed by atoms with van der Waals surface area (Å²) in [5.74, 6) is -0.0948. The van der Waals surface area contributed by atoms with E-state index in [1.54, 1.807) is 23.5 Å². The summed E-state index contributed by atoms with van der Waals surface area (Å²) >= 11 is 3.02. The second-order valence-corrected chi connectivity index (χ2v) is 5.84. The minimum Gasteiger partial charge on any atom is -0.332 e. The Morgan fingerprint density at radius 3 is 2.89 bits per heavy atom. The molecule has 7 heteroatoms. The van der Waals surface area contributed by atoms with Gasteiger partial charge in [0.2, 0.25) is 0 Å². The highest BCUT2D eigenvalue weighted by Gasteiger charge is 2.21. The first-order chi connectivity index (χ1) is 9.13. The Kier molecular flexibility index (Phi) is 4.49. The lowest BCUT2D eigenvalue weighted by atomic mass is 10.2. The Balaban J connectivity index is 2.15. The highest BCUT2D eigenvalue weighted by Crippen LogP contribution is 2.23. The Hall–Kier alpha value is -1.47. The zero-order chi connectivity index (χ0) is 13.8. The Labute approximate surface area is 120 Å². The minimum absolute atomic E-state index is 0.0948. The van der Waals surface area contributed by atoms with Crippen molar-refractivity contribution in [2.75, 3.05) is 13.3 Å². The van der Waals surface area contributed by atoms with Crippen LogP contribution in [0.4, 0.5) is 0 Å². The van der Waals surface area contributed by atoms with Gasteiger partial charge in [0, 0.05) is 18.6 Å². The van der Waals surface area contributed by atoms with Gasteiger partial charge < -0.3 is 4.90 Å². The monoisotopic (exact) mass is 294 g/mol. The van der Waals surface area contributed by atoms with Gasteiger partial charge in [0.15, 0.2) is 0 Å². The van der Waals surface area contributed by atoms with Crippen molar-refractivity contribution in [3.63, 3.8) is 0 Å². The summed E-state index contributed by atoms with van der Waals surface area (Å²) in [6.45, 7) is 1.93. The molecule has 0 aromatic carbocycles. The molecule has 5 nitrogen and oxygen atoms in total. The molecule has 0 aliphatic rings. The van der Waals surface area contributed by atoms with Crippen molar-refractivity contribution in [3.8, 4) is 0 Å². The molecule has 2 aromatic rings. The molecule has 2 aromatic heterocycles. The molecule has 100 valence electrons. The van der Waals surface area contributed by atoms with Crippen molar-refractivity contribution in [1.29, 1.82) is 0 Å². The summed E-state index contributed by atoms with van der Waals surface area (Å²) in [5, 5.41) is 1.79. The van der Waals surface area contributed by atoms with Crippen molar-refractivity contribution in [2.24, 2.45) is 0 Å². The fourth-order valence-electron chi connectivity index (χ4n) is 1.55. The molecule has 0 aliphatic carbocycles. The van der Waals surface area contributed by atoms with Crippen LogP contribution in [0.5, 0.6) is 0 Å². The largest absolute Gasteiger partial charge is 0.332 e. The van der Waals surface area contributed by atoms with Crippen LogP contribution in [0.2, 0.25) is 0 Å². The first kappa shape index (κ1) is 14.0. The fourth-order valence-corrected chi connectivity index (χ4v) is 2.79. The van der Waals surface area contributed by atoms with Gasteiger partial charge in [-0.25, -0.2) is 15.0 Å². The van der Waals surface area contributed by atoms with Crippen LogP contribution in [0, 0.1) is 0 Å². The lowest BCUT2D eigenvalue weighted by molar-refractivity contribution is 0.0734. The number of hydrogen-bond acceptors (Lipinski definition) is 6. The smallest absolute Gasteiger partial charge is 0.273 e. The summed E-state index contributed by atoms with van der Waals surface area (Å²) < 4.78 is 0.895. The van der Waals surface area contributed by atoms with Crippen LogP contribution >= 0.6 is 23.1 Å². The van der Waals surface area contributed by atoms with Crippen molar-refractivity contribution >= 4 is 29.0 Å². The molecule has 0 spiro atoms. The van der Waals surface area contributed by atoms with Crippen molar-refractivity contribution in [1.82, 2.24) is 19.9 Å². The van der Waals surface area contributed by atoms with Gasteiger partial charge in [-0.3, -0.25) is 4.79 Å². The summed E-state index contributed by atoms with van der Waals surface area (Å²) in [5.41, 5.74) is 1.30. The maximum atomic E-state index is 12.3. The lowest BCUT2D eigenvalue weighted by Crippen LogP contribution is -2.30. The van der Waals surface area contributed by atoms with Crippen LogP contribution in [0.25, 0.3) is 0 Å². The molecule has 0 saturated carbocycles. The fraction of sp³-hybridized carbons (Fsp3) is 0.333. The van der Waals surface area contributed by atoms with E-state index in [0.717, 1.165) is 10.0 Å². The zero-order valence-electron chi connectivity index (χ0n) is 10.9. The van der Waals surface area contributed by atoms with E-state index >= 15 is 0 Å². The number of carbonyl (C=O) groups is 1. The molecule has 0 fully saturated rings. The highest BCUT2D eigenvalue weighted by molar-refractivity contribution is 8.00. The van der Waals surface area contributed by atoms with Crippen LogP contribution in [-0.4, -0.2) is 39.1 Å². The molecule has 2 rings (SSSR count). The van der Waals surface area contributed by atoms with Crippen molar-refractivity contribution < 1.29 is 4.79 Å². The molecule has 1 amide bonds. The molecular formula is C12H14N4OS2. The van der Waals surface area contributed by atoms with E-state index in [1.165, 1.54) is 29.4 Å². The van der Waals surface area contributed by atoms with Crippen LogP contribution in [0.15, 0.2) is 28.3 Å². The molecule has 2 heterocycles. The van der Waals surface area contributed by atoms with Crippen LogP contribution in [0.1, 0.15) is 29.1 Å². The van der Waals surface area contributed by atoms with E-state index in [0.29, 0.717) is 5.69 Å². The zero-order valence-corrected chi connectivity index (χ0v) is 12.5. The third-order valence-corrected chi connectivity index (χ3v) is 4.67. The summed E-state index contributed by atoms with van der Waals surface area (Å²) in [6.07, 6.45) is 5.10. The predicted octanol–water partition coefficient (Wildman–Crippen LogP) is 2.49. The average Bonchev–Trinajstić information content (AvgIpc) is 2.94. The van der Waals surface area contributed by atoms with Gasteiger partial charge in [0.1, 0.15) is 16.4 Å². The van der Waals surface area contributed by atoms with Gasteiger partial charge in [-0.2, -0.15) is 0 Å². The summed E-state index contributed by atoms with van der Waals surface area (Å²) in [4.78, 5) is 26.3. The van der Waals surface area contributed by atoms with Crippen LogP contribution in [-0.2, 0) is 0 Å². The molecule has 0 N–H and O–H groups in total. The van der Waals surface area contributed by atoms with E-state index < -0.39 is 0 Å². The Morgan fingerprint density at radius 2 is 2.32 bits per heavy atom. The quantitative estimate of drug-likeness (QED) is 0.811. The van der Waals surface area contributed by atoms with Gasteiger partial charge in [0.25, 0.3) is 5.91 Å². The Morgan fingerprint density at radius 1 is 1.53 bits per heavy atom. The third-order valence-electron chi connectivity index (χ3n) is 2.81. The van der Waals surface area contributed by atoms with Crippen molar-refractivity contribution in [2.45, 2.75) is 17.3 Å². The first-order valence-electron chi connectivity index (χ1n) is 5.66. The number of hydrogen-bond donors (Lipinski definition) is 0. The molecule has 0 saturated heterocycles. The van der Waals surface area contributed by atoms with E-state index in [4.69, 9.17) is 0 Å². The second kappa shape index (κ2) is 6.12. The van der Waals surface area contributed by atoms with Crippen molar-refractivity contribution in [3.05, 3.63) is 35.4 Å². The molecule has 19 heavy (non-hydrogen) atoms. The topological polar surface area (TPSA) is 59.0 Å². The molecule has 0 aliphatic heterocycles. The minimum atomic E-state index is -0.116. The van der Waals surface area contributed by atoms with Crippen LogP contribution in [0.3, 0.4) is 0 Å². The summed E-state index contributed by atoms with van der Waals surface area (Å²) in [7, 11) is 1.76. The number of thiazole rings is 1.